The fraction of sp³-hybridized carbons (Fsp3) is 0.556. The maximum Gasteiger partial charge on any atom is 0.320 e. The molecule has 0 atom stereocenters. The first-order chi connectivity index (χ1) is 17.4. The second-order valence-electron chi connectivity index (χ2n) is 9.97. The summed E-state index contributed by atoms with van der Waals surface area (Å²) in [5.41, 5.74) is 7.89. The number of nitrogens with zero attached hydrogens (tertiary/aromatic N) is 3. The molecule has 9 heteroatoms. The largest absolute Gasteiger partial charge is 0.492 e. The van der Waals surface area contributed by atoms with Gasteiger partial charge in [-0.25, -0.2) is 4.79 Å². The molecule has 1 aromatic rings. The second kappa shape index (κ2) is 12.0. The molecular formula is C27H38ClN5O3. The van der Waals surface area contributed by atoms with Gasteiger partial charge in [-0.05, 0) is 37.7 Å². The van der Waals surface area contributed by atoms with Crippen molar-refractivity contribution in [2.45, 2.75) is 38.1 Å². The molecule has 3 amide bonds. The molecule has 2 saturated heterocycles. The normalized spacial score (nSPS) is 18.9. The molecule has 1 aromatic carbocycles. The van der Waals surface area contributed by atoms with E-state index in [2.05, 4.69) is 23.4 Å². The Morgan fingerprint density at radius 1 is 1.14 bits per heavy atom. The van der Waals surface area contributed by atoms with E-state index in [9.17, 15) is 9.59 Å². The van der Waals surface area contributed by atoms with E-state index in [-0.39, 0.29) is 18.0 Å². The number of nitrogen functional groups attached to an aromatic ring is 1. The van der Waals surface area contributed by atoms with E-state index in [1.807, 2.05) is 4.90 Å². The molecule has 196 valence electrons. The number of halogens is 1. The Kier molecular flexibility index (Phi) is 8.80. The zero-order valence-corrected chi connectivity index (χ0v) is 21.8. The van der Waals surface area contributed by atoms with Gasteiger partial charge in [0.25, 0.3) is 5.91 Å². The van der Waals surface area contributed by atoms with Crippen LogP contribution in [0.25, 0.3) is 0 Å². The van der Waals surface area contributed by atoms with Gasteiger partial charge in [0, 0.05) is 63.8 Å². The number of urea groups is 1. The van der Waals surface area contributed by atoms with Gasteiger partial charge in [0.1, 0.15) is 5.75 Å². The molecule has 0 radical (unpaired) electrons. The average Bonchev–Trinajstić information content (AvgIpc) is 3.37. The van der Waals surface area contributed by atoms with Crippen LogP contribution in [0, 0.1) is 5.92 Å². The summed E-state index contributed by atoms with van der Waals surface area (Å²) in [6, 6.07) is 1.82. The molecule has 3 N–H and O–H groups in total. The van der Waals surface area contributed by atoms with Crippen LogP contribution in [0.15, 0.2) is 31.4 Å². The summed E-state index contributed by atoms with van der Waals surface area (Å²) >= 11 is 6.27. The fourth-order valence-corrected chi connectivity index (χ4v) is 5.70. The molecule has 3 heterocycles. The summed E-state index contributed by atoms with van der Waals surface area (Å²) in [6.45, 7) is 13.6. The summed E-state index contributed by atoms with van der Waals surface area (Å²) in [7, 11) is 0. The zero-order chi connectivity index (χ0) is 25.7. The molecule has 0 saturated carbocycles. The Balaban J connectivity index is 1.21. The van der Waals surface area contributed by atoms with Crippen LogP contribution in [0.3, 0.4) is 0 Å². The molecule has 0 unspecified atom stereocenters. The monoisotopic (exact) mass is 515 g/mol. The van der Waals surface area contributed by atoms with E-state index < -0.39 is 0 Å². The summed E-state index contributed by atoms with van der Waals surface area (Å²) in [5, 5.41) is 3.58. The predicted octanol–water partition coefficient (Wildman–Crippen LogP) is 3.56. The molecule has 0 bridgehead atoms. The molecule has 36 heavy (non-hydrogen) atoms. The van der Waals surface area contributed by atoms with Crippen LogP contribution in [0.4, 0.5) is 10.5 Å². The summed E-state index contributed by atoms with van der Waals surface area (Å²) in [4.78, 5) is 32.0. The van der Waals surface area contributed by atoms with E-state index >= 15 is 0 Å². The van der Waals surface area contributed by atoms with Gasteiger partial charge in [0.2, 0.25) is 0 Å². The van der Waals surface area contributed by atoms with Crippen LogP contribution in [0.2, 0.25) is 5.02 Å². The number of nitrogens with one attached hydrogen (secondary N) is 1. The van der Waals surface area contributed by atoms with Gasteiger partial charge in [0.05, 0.1) is 22.9 Å². The number of rotatable bonds is 8. The van der Waals surface area contributed by atoms with Crippen molar-refractivity contribution < 1.29 is 14.3 Å². The van der Waals surface area contributed by atoms with Crippen LogP contribution in [-0.4, -0.2) is 85.1 Å². The number of anilines is 1. The third-order valence-electron chi connectivity index (χ3n) is 7.51. The van der Waals surface area contributed by atoms with E-state index in [0.29, 0.717) is 54.1 Å². The molecule has 4 rings (SSSR count). The minimum atomic E-state index is -0.146. The van der Waals surface area contributed by atoms with Crippen molar-refractivity contribution >= 4 is 29.2 Å². The minimum Gasteiger partial charge on any atom is -0.492 e. The molecule has 3 aliphatic rings. The number of hydrogen-bond donors (Lipinski definition) is 2. The predicted molar refractivity (Wildman–Crippen MR) is 144 cm³/mol. The molecule has 2 fully saturated rings. The Bertz CT molecular complexity index is 974. The van der Waals surface area contributed by atoms with E-state index in [1.54, 1.807) is 23.1 Å². The van der Waals surface area contributed by atoms with Crippen molar-refractivity contribution in [2.24, 2.45) is 5.92 Å². The lowest BCUT2D eigenvalue weighted by molar-refractivity contribution is 0.0886. The van der Waals surface area contributed by atoms with E-state index in [4.69, 9.17) is 22.1 Å². The van der Waals surface area contributed by atoms with Gasteiger partial charge in [-0.2, -0.15) is 0 Å². The van der Waals surface area contributed by atoms with Crippen molar-refractivity contribution in [3.8, 4) is 5.75 Å². The van der Waals surface area contributed by atoms with Crippen LogP contribution < -0.4 is 15.8 Å². The number of carbonyl (C=O) groups is 2. The van der Waals surface area contributed by atoms with Gasteiger partial charge in [-0.1, -0.05) is 23.8 Å². The van der Waals surface area contributed by atoms with Crippen molar-refractivity contribution in [3.63, 3.8) is 0 Å². The van der Waals surface area contributed by atoms with Crippen molar-refractivity contribution in [1.29, 1.82) is 0 Å². The number of nitrogens with two attached hydrogens (primary N) is 1. The Morgan fingerprint density at radius 2 is 1.81 bits per heavy atom. The molecule has 3 aliphatic heterocycles. The first-order valence-electron chi connectivity index (χ1n) is 12.9. The van der Waals surface area contributed by atoms with E-state index in [0.717, 1.165) is 64.0 Å². The number of ether oxygens (including phenoxy) is 1. The standard InChI is InChI=1S/C27H38ClN5O3/c1-3-10-32(11-4-2)27(35)33-14-5-19(6-15-33)18-31-12-7-20(8-13-31)30-26(34)22-17-23(28)24(29)21-9-16-36-25(21)22/h3-4,17,19-20H,1-2,5-16,18,29H2,(H,30,34). The number of likely N-dealkylation sites (tertiary alicyclic amines) is 2. The van der Waals surface area contributed by atoms with Gasteiger partial charge >= 0.3 is 6.03 Å². The molecule has 8 nitrogen and oxygen atoms in total. The SMILES string of the molecule is C=CCN(CC=C)C(=O)N1CCC(CN2CCC(NC(=O)c3cc(Cl)c(N)c4c3OCC4)CC2)CC1. The quantitative estimate of drug-likeness (QED) is 0.408. The average molecular weight is 516 g/mol. The first-order valence-corrected chi connectivity index (χ1v) is 13.3. The number of hydrogen-bond acceptors (Lipinski definition) is 5. The number of piperidine rings is 2. The third-order valence-corrected chi connectivity index (χ3v) is 7.82. The topological polar surface area (TPSA) is 91.1 Å². The lowest BCUT2D eigenvalue weighted by atomic mass is 9.94. The van der Waals surface area contributed by atoms with E-state index in [1.165, 1.54) is 0 Å². The highest BCUT2D eigenvalue weighted by molar-refractivity contribution is 6.33. The van der Waals surface area contributed by atoms with Crippen LogP contribution in [0.1, 0.15) is 41.6 Å². The van der Waals surface area contributed by atoms with Gasteiger partial charge in [0.15, 0.2) is 0 Å². The molecular weight excluding hydrogens is 478 g/mol. The highest BCUT2D eigenvalue weighted by Gasteiger charge is 2.30. The lowest BCUT2D eigenvalue weighted by Crippen LogP contribution is -2.49. The zero-order valence-electron chi connectivity index (χ0n) is 21.0. The van der Waals surface area contributed by atoms with Crippen molar-refractivity contribution in [1.82, 2.24) is 20.0 Å². The van der Waals surface area contributed by atoms with Crippen LogP contribution in [0.5, 0.6) is 5.75 Å². The summed E-state index contributed by atoms with van der Waals surface area (Å²) in [5.74, 6) is 1.02. The smallest absolute Gasteiger partial charge is 0.320 e. The number of fused-ring (bicyclic) bond motifs is 1. The number of benzene rings is 1. The Hall–Kier alpha value is -2.71. The Labute approximate surface area is 219 Å². The summed E-state index contributed by atoms with van der Waals surface area (Å²) in [6.07, 6.45) is 8.04. The maximum atomic E-state index is 13.0. The highest BCUT2D eigenvalue weighted by atomic mass is 35.5. The minimum absolute atomic E-state index is 0.0724. The molecule has 0 aromatic heterocycles. The maximum absolute atomic E-state index is 13.0. The fourth-order valence-electron chi connectivity index (χ4n) is 5.47. The number of carbonyl (C=O) groups excluding carboxylic acids is 2. The van der Waals surface area contributed by atoms with Gasteiger partial charge in [-0.3, -0.25) is 4.79 Å². The lowest BCUT2D eigenvalue weighted by Gasteiger charge is -2.39. The summed E-state index contributed by atoms with van der Waals surface area (Å²) < 4.78 is 5.69. The first kappa shape index (κ1) is 26.4. The Morgan fingerprint density at radius 3 is 2.44 bits per heavy atom. The molecule has 0 aliphatic carbocycles. The highest BCUT2D eigenvalue weighted by Crippen LogP contribution is 2.38. The van der Waals surface area contributed by atoms with Crippen LogP contribution >= 0.6 is 11.6 Å². The van der Waals surface area contributed by atoms with Crippen LogP contribution in [-0.2, 0) is 6.42 Å². The van der Waals surface area contributed by atoms with Crippen molar-refractivity contribution in [2.75, 3.05) is 58.2 Å². The van der Waals surface area contributed by atoms with Crippen molar-refractivity contribution in [3.05, 3.63) is 47.5 Å². The number of amides is 3. The third kappa shape index (κ3) is 5.98. The molecule has 0 spiro atoms. The van der Waals surface area contributed by atoms with Gasteiger partial charge < -0.3 is 30.5 Å². The van der Waals surface area contributed by atoms with Gasteiger partial charge in [-0.15, -0.1) is 13.2 Å². The second-order valence-corrected chi connectivity index (χ2v) is 10.4.